The van der Waals surface area contributed by atoms with E-state index in [-0.39, 0.29) is 5.75 Å². The highest BCUT2D eigenvalue weighted by Crippen LogP contribution is 2.36. The van der Waals surface area contributed by atoms with Crippen molar-refractivity contribution < 1.29 is 17.9 Å². The predicted octanol–water partition coefficient (Wildman–Crippen LogP) is 14.1. The molecule has 288 valence electrons. The SMILES string of the molecule is CCCCC/C=C\C/C=C\C/C=C\C/C=C\CCCCC1(CCCC/C=C\C/C=C\C/C=C\C/C=C\CCCCC)OC=C(CCS(C)(=O)=O)O1. The molecule has 0 saturated carbocycles. The number of hydrogen-bond acceptors (Lipinski definition) is 4. The molecule has 0 aromatic heterocycles. The Kier molecular flexibility index (Phi) is 30.0. The number of unbranched alkanes of at least 4 members (excludes halogenated alkanes) is 10. The molecule has 0 fully saturated rings. The minimum atomic E-state index is -3.05. The van der Waals surface area contributed by atoms with E-state index in [9.17, 15) is 8.42 Å². The van der Waals surface area contributed by atoms with Gasteiger partial charge in [-0.1, -0.05) is 137 Å². The minimum Gasteiger partial charge on any atom is -0.456 e. The molecular formula is C46H74O4S. The van der Waals surface area contributed by atoms with Crippen molar-refractivity contribution in [2.45, 2.75) is 167 Å². The summed E-state index contributed by atoms with van der Waals surface area (Å²) in [5, 5.41) is 0. The summed E-state index contributed by atoms with van der Waals surface area (Å²) < 4.78 is 35.8. The Morgan fingerprint density at radius 2 is 0.843 bits per heavy atom. The molecule has 1 aliphatic heterocycles. The molecule has 0 bridgehead atoms. The molecule has 1 aliphatic rings. The van der Waals surface area contributed by atoms with Gasteiger partial charge in [-0.15, -0.1) is 0 Å². The number of sulfone groups is 1. The van der Waals surface area contributed by atoms with Crippen molar-refractivity contribution in [2.24, 2.45) is 0 Å². The maximum absolute atomic E-state index is 11.7. The lowest BCUT2D eigenvalue weighted by molar-refractivity contribution is -0.160. The van der Waals surface area contributed by atoms with Crippen molar-refractivity contribution in [1.29, 1.82) is 0 Å². The highest BCUT2D eigenvalue weighted by Gasteiger charge is 2.37. The first kappa shape index (κ1) is 46.2. The molecule has 0 atom stereocenters. The minimum absolute atomic E-state index is 0.0798. The highest BCUT2D eigenvalue weighted by atomic mass is 32.2. The third kappa shape index (κ3) is 30.5. The van der Waals surface area contributed by atoms with Gasteiger partial charge in [-0.2, -0.15) is 0 Å². The molecule has 0 radical (unpaired) electrons. The van der Waals surface area contributed by atoms with Crippen molar-refractivity contribution in [3.05, 3.63) is 109 Å². The van der Waals surface area contributed by atoms with Crippen molar-refractivity contribution in [2.75, 3.05) is 12.0 Å². The summed E-state index contributed by atoms with van der Waals surface area (Å²) in [5.74, 6) is 0.0695. The van der Waals surface area contributed by atoms with Gasteiger partial charge < -0.3 is 9.47 Å². The third-order valence-electron chi connectivity index (χ3n) is 8.71. The molecule has 0 N–H and O–H groups in total. The van der Waals surface area contributed by atoms with Crippen LogP contribution in [-0.4, -0.2) is 26.2 Å². The van der Waals surface area contributed by atoms with E-state index in [2.05, 4.69) is 111 Å². The normalized spacial score (nSPS) is 15.4. The second-order valence-corrected chi connectivity index (χ2v) is 16.0. The zero-order chi connectivity index (χ0) is 37.0. The maximum atomic E-state index is 11.7. The van der Waals surface area contributed by atoms with Crippen LogP contribution >= 0.6 is 0 Å². The van der Waals surface area contributed by atoms with Crippen LogP contribution in [-0.2, 0) is 19.3 Å². The lowest BCUT2D eigenvalue weighted by atomic mass is 10.00. The Morgan fingerprint density at radius 3 is 1.18 bits per heavy atom. The number of allylic oxidation sites excluding steroid dienone is 17. The average Bonchev–Trinajstić information content (AvgIpc) is 3.52. The summed E-state index contributed by atoms with van der Waals surface area (Å²) in [4.78, 5) is 0. The largest absolute Gasteiger partial charge is 0.456 e. The summed E-state index contributed by atoms with van der Waals surface area (Å²) in [7, 11) is -3.05. The Morgan fingerprint density at radius 1 is 0.510 bits per heavy atom. The quantitative estimate of drug-likeness (QED) is 0.0500. The van der Waals surface area contributed by atoms with E-state index in [1.54, 1.807) is 6.26 Å². The Hall–Kier alpha value is -2.79. The number of ether oxygens (including phenoxy) is 2. The van der Waals surface area contributed by atoms with Crippen LogP contribution in [0.15, 0.2) is 109 Å². The topological polar surface area (TPSA) is 52.6 Å². The summed E-state index contributed by atoms with van der Waals surface area (Å²) in [6, 6.07) is 0. The van der Waals surface area contributed by atoms with Crippen molar-refractivity contribution in [1.82, 2.24) is 0 Å². The van der Waals surface area contributed by atoms with Crippen LogP contribution in [0.1, 0.15) is 162 Å². The smallest absolute Gasteiger partial charge is 0.250 e. The lowest BCUT2D eigenvalue weighted by Gasteiger charge is -2.29. The van der Waals surface area contributed by atoms with Crippen molar-refractivity contribution in [3.8, 4) is 0 Å². The van der Waals surface area contributed by atoms with E-state index in [0.29, 0.717) is 12.2 Å². The number of rotatable bonds is 33. The van der Waals surface area contributed by atoms with E-state index in [0.717, 1.165) is 89.9 Å². The molecule has 1 rings (SSSR count). The summed E-state index contributed by atoms with van der Waals surface area (Å²) in [6.45, 7) is 4.49. The Bertz CT molecular complexity index is 1150. The van der Waals surface area contributed by atoms with Crippen LogP contribution < -0.4 is 0 Å². The van der Waals surface area contributed by atoms with E-state index < -0.39 is 15.6 Å². The van der Waals surface area contributed by atoms with Gasteiger partial charge in [0.25, 0.3) is 0 Å². The van der Waals surface area contributed by atoms with Gasteiger partial charge in [0.05, 0.1) is 5.75 Å². The molecule has 5 heteroatoms. The first-order chi connectivity index (χ1) is 24.9. The van der Waals surface area contributed by atoms with Crippen LogP contribution in [0.4, 0.5) is 0 Å². The van der Waals surface area contributed by atoms with Gasteiger partial charge in [-0.3, -0.25) is 0 Å². The standard InChI is InChI=1S/C46H74O4S/c1-4-6-8-10-12-14-16-18-20-22-24-26-28-30-32-34-36-38-41-46(49-44-45(50-46)40-43-51(3,47)48)42-39-37-35-33-31-29-27-25-23-21-19-17-15-13-11-9-7-5-2/h12-15,18-21,24-27,30-33,44H,4-11,16-17,22-23,28-29,34-43H2,1-3H3/b14-12-,15-13-,20-18-,21-19-,26-24-,27-25-,32-30-,33-31-. The highest BCUT2D eigenvalue weighted by molar-refractivity contribution is 7.90. The van der Waals surface area contributed by atoms with Gasteiger partial charge in [-0.25, -0.2) is 8.42 Å². The van der Waals surface area contributed by atoms with Gasteiger partial charge in [0.1, 0.15) is 21.9 Å². The van der Waals surface area contributed by atoms with Gasteiger partial charge in [0, 0.05) is 25.5 Å². The Labute approximate surface area is 315 Å². The average molecular weight is 723 g/mol. The zero-order valence-corrected chi connectivity index (χ0v) is 33.6. The fourth-order valence-electron chi connectivity index (χ4n) is 5.64. The first-order valence-electron chi connectivity index (χ1n) is 20.3. The van der Waals surface area contributed by atoms with Crippen LogP contribution in [0.5, 0.6) is 0 Å². The van der Waals surface area contributed by atoms with Crippen LogP contribution in [0.3, 0.4) is 0 Å². The third-order valence-corrected chi connectivity index (χ3v) is 9.66. The van der Waals surface area contributed by atoms with Gasteiger partial charge in [0.2, 0.25) is 5.79 Å². The molecule has 0 amide bonds. The van der Waals surface area contributed by atoms with E-state index in [1.165, 1.54) is 57.6 Å². The molecule has 0 aromatic rings. The molecule has 0 unspecified atom stereocenters. The van der Waals surface area contributed by atoms with Gasteiger partial charge in [0.15, 0.2) is 0 Å². The number of hydrogen-bond donors (Lipinski definition) is 0. The molecule has 51 heavy (non-hydrogen) atoms. The summed E-state index contributed by atoms with van der Waals surface area (Å²) in [5.41, 5.74) is 0. The summed E-state index contributed by atoms with van der Waals surface area (Å²) in [6.07, 6.45) is 63.5. The van der Waals surface area contributed by atoms with Crippen LogP contribution in [0.2, 0.25) is 0 Å². The van der Waals surface area contributed by atoms with Crippen LogP contribution in [0.25, 0.3) is 0 Å². The van der Waals surface area contributed by atoms with Gasteiger partial charge in [-0.05, 0) is 103 Å². The lowest BCUT2D eigenvalue weighted by Crippen LogP contribution is -2.30. The Balaban J connectivity index is 2.29. The molecule has 0 saturated heterocycles. The molecule has 0 aromatic carbocycles. The maximum Gasteiger partial charge on any atom is 0.250 e. The molecule has 0 spiro atoms. The monoisotopic (exact) mass is 723 g/mol. The van der Waals surface area contributed by atoms with E-state index in [4.69, 9.17) is 9.47 Å². The second-order valence-electron chi connectivity index (χ2n) is 13.8. The van der Waals surface area contributed by atoms with Crippen molar-refractivity contribution in [3.63, 3.8) is 0 Å². The fourth-order valence-corrected chi connectivity index (χ4v) is 6.21. The zero-order valence-electron chi connectivity index (χ0n) is 32.8. The van der Waals surface area contributed by atoms with Gasteiger partial charge >= 0.3 is 0 Å². The molecule has 1 heterocycles. The van der Waals surface area contributed by atoms with Crippen LogP contribution in [0, 0.1) is 0 Å². The fraction of sp³-hybridized carbons (Fsp3) is 0.609. The second kappa shape index (κ2) is 33.1. The van der Waals surface area contributed by atoms with Crippen molar-refractivity contribution >= 4 is 9.84 Å². The molecule has 0 aliphatic carbocycles. The summed E-state index contributed by atoms with van der Waals surface area (Å²) >= 11 is 0. The van der Waals surface area contributed by atoms with E-state index in [1.807, 2.05) is 0 Å². The van der Waals surface area contributed by atoms with E-state index >= 15 is 0 Å². The molecule has 4 nitrogen and oxygen atoms in total. The first-order valence-corrected chi connectivity index (χ1v) is 22.4. The molecular weight excluding hydrogens is 649 g/mol. The predicted molar refractivity (Wildman–Crippen MR) is 223 cm³/mol.